The monoisotopic (exact) mass is 275 g/mol. The van der Waals surface area contributed by atoms with E-state index in [0.29, 0.717) is 12.0 Å². The summed E-state index contributed by atoms with van der Waals surface area (Å²) in [7, 11) is 0. The molecule has 2 fully saturated rings. The van der Waals surface area contributed by atoms with Crippen molar-refractivity contribution in [3.05, 3.63) is 11.4 Å². The van der Waals surface area contributed by atoms with Crippen LogP contribution in [0.4, 0.5) is 5.82 Å². The van der Waals surface area contributed by atoms with Gasteiger partial charge in [-0.15, -0.1) is 0 Å². The molecule has 110 valence electrons. The molecule has 0 radical (unpaired) electrons. The molecule has 0 spiro atoms. The predicted octanol–water partition coefficient (Wildman–Crippen LogP) is 3.81. The minimum Gasteiger partial charge on any atom is -0.474 e. The van der Waals surface area contributed by atoms with Crippen molar-refractivity contribution in [1.82, 2.24) is 9.97 Å². The average molecular weight is 275 g/mol. The lowest BCUT2D eigenvalue weighted by molar-refractivity contribution is 0.199. The van der Waals surface area contributed by atoms with Crippen LogP contribution in [0.15, 0.2) is 0 Å². The molecule has 3 rings (SSSR count). The summed E-state index contributed by atoms with van der Waals surface area (Å²) in [6, 6.07) is 0. The van der Waals surface area contributed by atoms with E-state index in [0.717, 1.165) is 36.1 Å². The maximum absolute atomic E-state index is 6.15. The molecule has 4 nitrogen and oxygen atoms in total. The van der Waals surface area contributed by atoms with Crippen LogP contribution in [0.2, 0.25) is 0 Å². The molecular formula is C16H25N3O. The highest BCUT2D eigenvalue weighted by atomic mass is 16.5. The molecule has 0 unspecified atom stereocenters. The Morgan fingerprint density at radius 2 is 1.90 bits per heavy atom. The lowest BCUT2D eigenvalue weighted by atomic mass is 10.2. The van der Waals surface area contributed by atoms with Crippen LogP contribution in [-0.2, 0) is 0 Å². The van der Waals surface area contributed by atoms with Gasteiger partial charge in [-0.3, -0.25) is 0 Å². The summed E-state index contributed by atoms with van der Waals surface area (Å²) in [5, 5.41) is 3.42. The van der Waals surface area contributed by atoms with Gasteiger partial charge in [0.15, 0.2) is 0 Å². The molecule has 0 aromatic carbocycles. The first-order valence-corrected chi connectivity index (χ1v) is 8.07. The number of hydrogen-bond donors (Lipinski definition) is 1. The predicted molar refractivity (Wildman–Crippen MR) is 80.4 cm³/mol. The standard InChI is InChI=1S/C16H25N3O/c1-3-10-17-14-11(2)16(20-13-6-4-5-7-13)19-15(18-14)12-8-9-12/h12-13H,3-10H2,1-2H3,(H,17,18,19). The summed E-state index contributed by atoms with van der Waals surface area (Å²) >= 11 is 0. The molecule has 0 saturated heterocycles. The number of nitrogens with one attached hydrogen (secondary N) is 1. The van der Waals surface area contributed by atoms with Gasteiger partial charge in [-0.1, -0.05) is 6.92 Å². The Morgan fingerprint density at radius 3 is 2.55 bits per heavy atom. The minimum absolute atomic E-state index is 0.356. The van der Waals surface area contributed by atoms with E-state index in [4.69, 9.17) is 14.7 Å². The van der Waals surface area contributed by atoms with Crippen LogP contribution in [-0.4, -0.2) is 22.6 Å². The molecule has 1 heterocycles. The molecular weight excluding hydrogens is 250 g/mol. The van der Waals surface area contributed by atoms with Crippen molar-refractivity contribution in [2.24, 2.45) is 0 Å². The Bertz CT molecular complexity index is 465. The third-order valence-corrected chi connectivity index (χ3v) is 4.18. The third-order valence-electron chi connectivity index (χ3n) is 4.18. The van der Waals surface area contributed by atoms with Gasteiger partial charge in [0.1, 0.15) is 17.7 Å². The average Bonchev–Trinajstić information content (AvgIpc) is 3.18. The van der Waals surface area contributed by atoms with Crippen LogP contribution >= 0.6 is 0 Å². The topological polar surface area (TPSA) is 47.0 Å². The number of rotatable bonds is 6. The van der Waals surface area contributed by atoms with Gasteiger partial charge in [-0.05, 0) is 51.9 Å². The van der Waals surface area contributed by atoms with Gasteiger partial charge in [0.2, 0.25) is 5.88 Å². The van der Waals surface area contributed by atoms with Crippen LogP contribution in [0.3, 0.4) is 0 Å². The minimum atomic E-state index is 0.356. The first-order chi connectivity index (χ1) is 9.78. The van der Waals surface area contributed by atoms with Gasteiger partial charge in [-0.2, -0.15) is 4.98 Å². The van der Waals surface area contributed by atoms with E-state index < -0.39 is 0 Å². The highest BCUT2D eigenvalue weighted by Crippen LogP contribution is 2.40. The van der Waals surface area contributed by atoms with Gasteiger partial charge in [-0.25, -0.2) is 4.98 Å². The van der Waals surface area contributed by atoms with Gasteiger partial charge < -0.3 is 10.1 Å². The molecule has 0 amide bonds. The highest BCUT2D eigenvalue weighted by Gasteiger charge is 2.29. The largest absolute Gasteiger partial charge is 0.474 e. The van der Waals surface area contributed by atoms with Crippen LogP contribution in [0.5, 0.6) is 5.88 Å². The summed E-state index contributed by atoms with van der Waals surface area (Å²) in [6.45, 7) is 5.19. The lowest BCUT2D eigenvalue weighted by Gasteiger charge is -2.17. The van der Waals surface area contributed by atoms with E-state index >= 15 is 0 Å². The van der Waals surface area contributed by atoms with Gasteiger partial charge in [0.25, 0.3) is 0 Å². The fourth-order valence-electron chi connectivity index (χ4n) is 2.73. The Labute approximate surface area is 121 Å². The molecule has 0 aliphatic heterocycles. The summed E-state index contributed by atoms with van der Waals surface area (Å²) in [6.07, 6.45) is 8.80. The Morgan fingerprint density at radius 1 is 1.15 bits per heavy atom. The molecule has 1 aromatic heterocycles. The second-order valence-electron chi connectivity index (χ2n) is 6.09. The third kappa shape index (κ3) is 3.05. The normalized spacial score (nSPS) is 19.3. The van der Waals surface area contributed by atoms with Crippen molar-refractivity contribution >= 4 is 5.82 Å². The lowest BCUT2D eigenvalue weighted by Crippen LogP contribution is -2.15. The summed E-state index contributed by atoms with van der Waals surface area (Å²) < 4.78 is 6.15. The zero-order chi connectivity index (χ0) is 13.9. The maximum atomic E-state index is 6.15. The zero-order valence-electron chi connectivity index (χ0n) is 12.6. The van der Waals surface area contributed by atoms with Crippen LogP contribution < -0.4 is 10.1 Å². The van der Waals surface area contributed by atoms with Gasteiger partial charge in [0, 0.05) is 12.5 Å². The van der Waals surface area contributed by atoms with E-state index in [-0.39, 0.29) is 0 Å². The highest BCUT2D eigenvalue weighted by molar-refractivity contribution is 5.49. The number of aromatic nitrogens is 2. The van der Waals surface area contributed by atoms with Crippen molar-refractivity contribution in [3.63, 3.8) is 0 Å². The van der Waals surface area contributed by atoms with Crippen LogP contribution in [0, 0.1) is 6.92 Å². The van der Waals surface area contributed by atoms with E-state index in [9.17, 15) is 0 Å². The Kier molecular flexibility index (Phi) is 4.08. The first kappa shape index (κ1) is 13.7. The van der Waals surface area contributed by atoms with Crippen molar-refractivity contribution < 1.29 is 4.74 Å². The summed E-state index contributed by atoms with van der Waals surface area (Å²) in [5.74, 6) is 3.31. The molecule has 1 aromatic rings. The SMILES string of the molecule is CCCNc1nc(C2CC2)nc(OC2CCCC2)c1C. The first-order valence-electron chi connectivity index (χ1n) is 8.07. The molecule has 20 heavy (non-hydrogen) atoms. The zero-order valence-corrected chi connectivity index (χ0v) is 12.6. The smallest absolute Gasteiger partial charge is 0.222 e. The number of ether oxygens (including phenoxy) is 1. The van der Waals surface area contributed by atoms with Crippen molar-refractivity contribution in [1.29, 1.82) is 0 Å². The van der Waals surface area contributed by atoms with E-state index in [2.05, 4.69) is 19.2 Å². The van der Waals surface area contributed by atoms with Crippen LogP contribution in [0.25, 0.3) is 0 Å². The molecule has 0 bridgehead atoms. The van der Waals surface area contributed by atoms with Crippen LogP contribution in [0.1, 0.15) is 69.2 Å². The second kappa shape index (κ2) is 5.98. The number of nitrogens with zero attached hydrogens (tertiary/aromatic N) is 2. The quantitative estimate of drug-likeness (QED) is 0.857. The molecule has 4 heteroatoms. The molecule has 1 N–H and O–H groups in total. The molecule has 2 aliphatic rings. The second-order valence-corrected chi connectivity index (χ2v) is 6.09. The van der Waals surface area contributed by atoms with E-state index in [1.165, 1.54) is 38.5 Å². The van der Waals surface area contributed by atoms with Crippen molar-refractivity contribution in [2.45, 2.75) is 70.8 Å². The van der Waals surface area contributed by atoms with Gasteiger partial charge in [0.05, 0.1) is 5.56 Å². The number of anilines is 1. The molecule has 2 saturated carbocycles. The van der Waals surface area contributed by atoms with Crippen molar-refractivity contribution in [3.8, 4) is 5.88 Å². The summed E-state index contributed by atoms with van der Waals surface area (Å²) in [4.78, 5) is 9.40. The Balaban J connectivity index is 1.83. The fraction of sp³-hybridized carbons (Fsp3) is 0.750. The van der Waals surface area contributed by atoms with Crippen molar-refractivity contribution in [2.75, 3.05) is 11.9 Å². The molecule has 0 atom stereocenters. The molecule has 2 aliphatic carbocycles. The summed E-state index contributed by atoms with van der Waals surface area (Å²) in [5.41, 5.74) is 1.06. The number of hydrogen-bond acceptors (Lipinski definition) is 4. The van der Waals surface area contributed by atoms with E-state index in [1.54, 1.807) is 0 Å². The fourth-order valence-corrected chi connectivity index (χ4v) is 2.73. The van der Waals surface area contributed by atoms with E-state index in [1.807, 2.05) is 0 Å². The van der Waals surface area contributed by atoms with Gasteiger partial charge >= 0.3 is 0 Å². The Hall–Kier alpha value is -1.32. The maximum Gasteiger partial charge on any atom is 0.222 e.